The summed E-state index contributed by atoms with van der Waals surface area (Å²) >= 11 is 0. The molecule has 0 aromatic carbocycles. The van der Waals surface area contributed by atoms with Crippen LogP contribution in [0, 0.1) is 0 Å². The van der Waals surface area contributed by atoms with Crippen molar-refractivity contribution in [1.82, 2.24) is 0 Å². The van der Waals surface area contributed by atoms with Crippen LogP contribution in [-0.4, -0.2) is 28.1 Å². The van der Waals surface area contributed by atoms with E-state index < -0.39 is 11.9 Å². The molecule has 0 fully saturated rings. The van der Waals surface area contributed by atoms with Crippen LogP contribution in [0.5, 0.6) is 0 Å². The predicted octanol–water partition coefficient (Wildman–Crippen LogP) is 4.14. The molecule has 0 heterocycles. The maximum Gasteiger partial charge on any atom is 0.307 e. The highest BCUT2D eigenvalue weighted by molar-refractivity contribution is 5.67. The monoisotopic (exact) mass is 330 g/mol. The Labute approximate surface area is 138 Å². The third-order valence-electron chi connectivity index (χ3n) is 3.03. The van der Waals surface area contributed by atoms with Crippen molar-refractivity contribution in [2.45, 2.75) is 77.6 Å². The lowest BCUT2D eigenvalue weighted by molar-refractivity contribution is -0.138. The van der Waals surface area contributed by atoms with Crippen LogP contribution in [0.15, 0.2) is 12.8 Å². The average molecular weight is 330 g/mol. The van der Waals surface area contributed by atoms with E-state index in [2.05, 4.69) is 11.3 Å². The molecule has 6 nitrogen and oxygen atoms in total. The van der Waals surface area contributed by atoms with Gasteiger partial charge in [-0.1, -0.05) is 51.5 Å². The first kappa shape index (κ1) is 23.4. The number of hydrogen-bond acceptors (Lipinski definition) is 4. The second-order valence-electron chi connectivity index (χ2n) is 5.25. The van der Waals surface area contributed by atoms with Crippen molar-refractivity contribution >= 4 is 17.9 Å². The minimum absolute atomic E-state index is 0.287. The second kappa shape index (κ2) is 18.2. The third kappa shape index (κ3) is 28.9. The van der Waals surface area contributed by atoms with Gasteiger partial charge in [-0.05, 0) is 12.8 Å². The number of carbonyl (C=O) groups is 3. The molecular formula is C17H30O6. The zero-order chi connectivity index (χ0) is 17.9. The van der Waals surface area contributed by atoms with Gasteiger partial charge in [0.1, 0.15) is 0 Å². The molecule has 0 aliphatic carbocycles. The van der Waals surface area contributed by atoms with Gasteiger partial charge >= 0.3 is 17.9 Å². The second-order valence-corrected chi connectivity index (χ2v) is 5.25. The molecule has 0 radical (unpaired) electrons. The van der Waals surface area contributed by atoms with Crippen LogP contribution in [0.3, 0.4) is 0 Å². The average Bonchev–Trinajstić information content (AvgIpc) is 2.44. The minimum Gasteiger partial charge on any atom is -0.481 e. The Balaban J connectivity index is 0. The van der Waals surface area contributed by atoms with Gasteiger partial charge in [-0.2, -0.15) is 0 Å². The van der Waals surface area contributed by atoms with Crippen molar-refractivity contribution in [3.05, 3.63) is 12.8 Å². The van der Waals surface area contributed by atoms with Gasteiger partial charge < -0.3 is 14.9 Å². The summed E-state index contributed by atoms with van der Waals surface area (Å²) in [6.07, 6.45) is 11.0. The largest absolute Gasteiger partial charge is 0.481 e. The molecule has 0 amide bonds. The number of esters is 1. The van der Waals surface area contributed by atoms with E-state index in [9.17, 15) is 14.4 Å². The molecule has 2 N–H and O–H groups in total. The summed E-state index contributed by atoms with van der Waals surface area (Å²) in [6.45, 7) is 4.48. The number of carbonyl (C=O) groups excluding carboxylic acids is 1. The molecule has 0 saturated heterocycles. The third-order valence-corrected chi connectivity index (χ3v) is 3.03. The van der Waals surface area contributed by atoms with E-state index in [0.29, 0.717) is 0 Å². The van der Waals surface area contributed by atoms with Crippen molar-refractivity contribution in [2.75, 3.05) is 0 Å². The van der Waals surface area contributed by atoms with Crippen molar-refractivity contribution in [1.29, 1.82) is 0 Å². The summed E-state index contributed by atoms with van der Waals surface area (Å²) < 4.78 is 4.17. The number of unbranched alkanes of at least 4 members (excludes halogenated alkanes) is 8. The predicted molar refractivity (Wildman–Crippen MR) is 88.0 cm³/mol. The van der Waals surface area contributed by atoms with Crippen molar-refractivity contribution in [2.24, 2.45) is 0 Å². The van der Waals surface area contributed by atoms with Crippen LogP contribution >= 0.6 is 0 Å². The van der Waals surface area contributed by atoms with Crippen molar-refractivity contribution in [3.8, 4) is 0 Å². The van der Waals surface area contributed by atoms with E-state index in [4.69, 9.17) is 10.2 Å². The SMILES string of the molecule is C=COC(C)=O.O=C(O)CCCCCCCCCCCC(=O)O. The zero-order valence-corrected chi connectivity index (χ0v) is 14.1. The van der Waals surface area contributed by atoms with Gasteiger partial charge in [-0.3, -0.25) is 14.4 Å². The maximum absolute atomic E-state index is 10.2. The molecule has 0 aliphatic rings. The number of hydrogen-bond donors (Lipinski definition) is 2. The van der Waals surface area contributed by atoms with Gasteiger partial charge in [-0.15, -0.1) is 0 Å². The van der Waals surface area contributed by atoms with Crippen LogP contribution < -0.4 is 0 Å². The molecule has 0 saturated carbocycles. The molecule has 23 heavy (non-hydrogen) atoms. The molecular weight excluding hydrogens is 300 g/mol. The Morgan fingerprint density at radius 1 is 0.783 bits per heavy atom. The Morgan fingerprint density at radius 2 is 1.09 bits per heavy atom. The smallest absolute Gasteiger partial charge is 0.307 e. The molecule has 0 atom stereocenters. The summed E-state index contributed by atoms with van der Waals surface area (Å²) in [5, 5.41) is 16.9. The van der Waals surface area contributed by atoms with Gasteiger partial charge in [0.25, 0.3) is 0 Å². The Kier molecular flexibility index (Phi) is 18.5. The van der Waals surface area contributed by atoms with Crippen LogP contribution in [-0.2, 0) is 19.1 Å². The minimum atomic E-state index is -0.705. The molecule has 0 bridgehead atoms. The molecule has 0 aliphatic heterocycles. The Bertz CT molecular complexity index is 316. The van der Waals surface area contributed by atoms with Gasteiger partial charge in [0, 0.05) is 19.8 Å². The molecule has 0 spiro atoms. The normalized spacial score (nSPS) is 9.43. The molecule has 134 valence electrons. The highest BCUT2D eigenvalue weighted by Gasteiger charge is 1.98. The summed E-state index contributed by atoms with van der Waals surface area (Å²) in [6, 6.07) is 0. The van der Waals surface area contributed by atoms with E-state index in [1.807, 2.05) is 0 Å². The molecule has 0 aromatic heterocycles. The number of aliphatic carboxylic acids is 2. The lowest BCUT2D eigenvalue weighted by Crippen LogP contribution is -1.94. The standard InChI is InChI=1S/C13H24O4.C4H6O2/c14-12(15)10-8-6-4-2-1-3-5-7-9-11-13(16)17;1-3-6-4(2)5/h1-11H2,(H,14,15)(H,16,17);3H,1H2,2H3. The first-order valence-electron chi connectivity index (χ1n) is 8.11. The quantitative estimate of drug-likeness (QED) is 0.299. The van der Waals surface area contributed by atoms with Crippen LogP contribution in [0.1, 0.15) is 77.6 Å². The van der Waals surface area contributed by atoms with E-state index in [0.717, 1.165) is 44.8 Å². The lowest BCUT2D eigenvalue weighted by atomic mass is 10.1. The Hall–Kier alpha value is -1.85. The van der Waals surface area contributed by atoms with Gasteiger partial charge in [0.2, 0.25) is 0 Å². The van der Waals surface area contributed by atoms with E-state index >= 15 is 0 Å². The highest BCUT2D eigenvalue weighted by Crippen LogP contribution is 2.11. The maximum atomic E-state index is 10.2. The number of carboxylic acid groups (broad SMARTS) is 2. The van der Waals surface area contributed by atoms with Crippen molar-refractivity contribution in [3.63, 3.8) is 0 Å². The van der Waals surface area contributed by atoms with E-state index in [1.165, 1.54) is 26.2 Å². The van der Waals surface area contributed by atoms with E-state index in [1.54, 1.807) is 0 Å². The molecule has 0 aromatic rings. The van der Waals surface area contributed by atoms with E-state index in [-0.39, 0.29) is 18.8 Å². The molecule has 6 heteroatoms. The first-order valence-corrected chi connectivity index (χ1v) is 8.11. The van der Waals surface area contributed by atoms with Gasteiger partial charge in [-0.25, -0.2) is 0 Å². The lowest BCUT2D eigenvalue weighted by Gasteiger charge is -2.01. The summed E-state index contributed by atoms with van der Waals surface area (Å²) in [7, 11) is 0. The van der Waals surface area contributed by atoms with Gasteiger partial charge in [0.05, 0.1) is 6.26 Å². The highest BCUT2D eigenvalue weighted by atomic mass is 16.5. The topological polar surface area (TPSA) is 101 Å². The van der Waals surface area contributed by atoms with Gasteiger partial charge in [0.15, 0.2) is 0 Å². The summed E-state index contributed by atoms with van der Waals surface area (Å²) in [5.41, 5.74) is 0. The molecule has 0 rings (SSSR count). The summed E-state index contributed by atoms with van der Waals surface area (Å²) in [4.78, 5) is 30.2. The zero-order valence-electron chi connectivity index (χ0n) is 14.1. The summed E-state index contributed by atoms with van der Waals surface area (Å²) in [5.74, 6) is -1.74. The fourth-order valence-corrected chi connectivity index (χ4v) is 1.91. The number of carboxylic acids is 2. The fraction of sp³-hybridized carbons (Fsp3) is 0.706. The number of ether oxygens (including phenoxy) is 1. The molecule has 0 unspecified atom stereocenters. The van der Waals surface area contributed by atoms with Crippen LogP contribution in [0.2, 0.25) is 0 Å². The van der Waals surface area contributed by atoms with Crippen LogP contribution in [0.25, 0.3) is 0 Å². The van der Waals surface area contributed by atoms with Crippen LogP contribution in [0.4, 0.5) is 0 Å². The number of rotatable bonds is 13. The van der Waals surface area contributed by atoms with Crippen molar-refractivity contribution < 1.29 is 29.3 Å². The fourth-order valence-electron chi connectivity index (χ4n) is 1.91. The first-order chi connectivity index (χ1) is 10.9. The Morgan fingerprint density at radius 3 is 1.26 bits per heavy atom.